The van der Waals surface area contributed by atoms with Crippen LogP contribution in [-0.2, 0) is 6.42 Å². The van der Waals surface area contributed by atoms with Crippen molar-refractivity contribution in [1.29, 1.82) is 0 Å². The summed E-state index contributed by atoms with van der Waals surface area (Å²) in [6, 6.07) is 17.4. The van der Waals surface area contributed by atoms with Gasteiger partial charge in [-0.1, -0.05) is 54.1 Å². The summed E-state index contributed by atoms with van der Waals surface area (Å²) in [6.45, 7) is 0.832. The molecule has 0 bridgehead atoms. The molecule has 2 aromatic carbocycles. The maximum absolute atomic E-state index is 10.7. The number of ether oxygens (including phenoxy) is 1. The highest BCUT2D eigenvalue weighted by Crippen LogP contribution is 2.31. The Kier molecular flexibility index (Phi) is 5.97. The van der Waals surface area contributed by atoms with E-state index in [1.165, 1.54) is 5.56 Å². The van der Waals surface area contributed by atoms with Gasteiger partial charge in [-0.15, -0.1) is 0 Å². The van der Waals surface area contributed by atoms with E-state index in [1.54, 1.807) is 6.07 Å². The molecule has 3 N–H and O–H groups in total. The van der Waals surface area contributed by atoms with E-state index in [0.717, 1.165) is 13.0 Å². The van der Waals surface area contributed by atoms with Crippen molar-refractivity contribution in [2.24, 2.45) is 5.73 Å². The van der Waals surface area contributed by atoms with Gasteiger partial charge in [-0.3, -0.25) is 4.90 Å². The minimum Gasteiger partial charge on any atom is -0.486 e. The number of nitrogens with two attached hydrogens (primary N) is 1. The van der Waals surface area contributed by atoms with Gasteiger partial charge in [-0.25, -0.2) is 0 Å². The first kappa shape index (κ1) is 18.2. The van der Waals surface area contributed by atoms with Gasteiger partial charge in [0, 0.05) is 19.0 Å². The van der Waals surface area contributed by atoms with Crippen molar-refractivity contribution in [3.05, 3.63) is 65.2 Å². The van der Waals surface area contributed by atoms with E-state index in [4.69, 9.17) is 22.1 Å². The van der Waals surface area contributed by atoms with Crippen LogP contribution in [0.4, 0.5) is 0 Å². The fourth-order valence-corrected chi connectivity index (χ4v) is 3.71. The van der Waals surface area contributed by atoms with Gasteiger partial charge < -0.3 is 15.6 Å². The van der Waals surface area contributed by atoms with Crippen LogP contribution in [0.25, 0.3) is 0 Å². The van der Waals surface area contributed by atoms with Crippen LogP contribution in [0, 0.1) is 0 Å². The van der Waals surface area contributed by atoms with Crippen LogP contribution >= 0.6 is 11.6 Å². The molecule has 0 radical (unpaired) electrons. The Labute approximate surface area is 154 Å². The van der Waals surface area contributed by atoms with Gasteiger partial charge in [0.15, 0.2) is 0 Å². The summed E-state index contributed by atoms with van der Waals surface area (Å²) < 4.78 is 5.94. The second-order valence-electron chi connectivity index (χ2n) is 6.68. The van der Waals surface area contributed by atoms with Gasteiger partial charge in [0.05, 0.1) is 11.1 Å². The van der Waals surface area contributed by atoms with E-state index in [2.05, 4.69) is 17.0 Å². The minimum atomic E-state index is -0.646. The number of halogens is 1. The van der Waals surface area contributed by atoms with E-state index >= 15 is 0 Å². The number of benzene rings is 2. The molecular weight excluding hydrogens is 336 g/mol. The third-order valence-electron chi connectivity index (χ3n) is 4.89. The van der Waals surface area contributed by atoms with Crippen LogP contribution in [0.3, 0.4) is 0 Å². The molecule has 5 heteroatoms. The molecule has 2 aromatic rings. The Balaban J connectivity index is 1.61. The first-order valence-corrected chi connectivity index (χ1v) is 9.03. The molecule has 0 amide bonds. The van der Waals surface area contributed by atoms with E-state index in [1.807, 2.05) is 43.4 Å². The van der Waals surface area contributed by atoms with Gasteiger partial charge in [0.1, 0.15) is 18.0 Å². The first-order chi connectivity index (χ1) is 12.1. The molecule has 4 nitrogen and oxygen atoms in total. The Morgan fingerprint density at radius 3 is 2.56 bits per heavy atom. The number of likely N-dealkylation sites (N-methyl/N-ethyl adjacent to an activating group) is 1. The second kappa shape index (κ2) is 8.19. The number of nitrogens with zero attached hydrogens (tertiary/aromatic N) is 1. The first-order valence-electron chi connectivity index (χ1n) is 8.65. The third kappa shape index (κ3) is 4.33. The van der Waals surface area contributed by atoms with Crippen LogP contribution in [0.2, 0.25) is 5.02 Å². The Hall–Kier alpha value is -1.59. The molecule has 25 heavy (non-hydrogen) atoms. The topological polar surface area (TPSA) is 58.7 Å². The lowest BCUT2D eigenvalue weighted by Gasteiger charge is -2.30. The van der Waals surface area contributed by atoms with Crippen molar-refractivity contribution in [3.8, 4) is 5.75 Å². The molecule has 1 saturated carbocycles. The van der Waals surface area contributed by atoms with Crippen molar-refractivity contribution in [3.63, 3.8) is 0 Å². The second-order valence-corrected chi connectivity index (χ2v) is 7.09. The lowest BCUT2D eigenvalue weighted by molar-refractivity contribution is 0.0161. The van der Waals surface area contributed by atoms with E-state index in [-0.39, 0.29) is 18.2 Å². The lowest BCUT2D eigenvalue weighted by Crippen LogP contribution is -2.49. The van der Waals surface area contributed by atoms with E-state index < -0.39 is 6.10 Å². The highest BCUT2D eigenvalue weighted by atomic mass is 35.5. The molecule has 3 rings (SSSR count). The molecule has 4 atom stereocenters. The summed E-state index contributed by atoms with van der Waals surface area (Å²) in [5.74, 6) is 0.591. The Morgan fingerprint density at radius 1 is 1.16 bits per heavy atom. The summed E-state index contributed by atoms with van der Waals surface area (Å²) in [7, 11) is 2.01. The molecule has 1 fully saturated rings. The van der Waals surface area contributed by atoms with E-state index in [9.17, 15) is 5.11 Å². The SMILES string of the molecule is CN(CCc1ccccc1)[C@@H]1[C@@H](O)[C@H](Oc2ccccc2Cl)C[C@H]1N. The molecular formula is C20H25ClN2O2. The van der Waals surface area contributed by atoms with Crippen molar-refractivity contribution in [2.45, 2.75) is 37.1 Å². The molecule has 0 unspecified atom stereocenters. The van der Waals surface area contributed by atoms with Gasteiger partial charge in [0.25, 0.3) is 0 Å². The molecule has 1 aliphatic carbocycles. The molecule has 0 spiro atoms. The largest absolute Gasteiger partial charge is 0.486 e. The minimum absolute atomic E-state index is 0.129. The average molecular weight is 361 g/mol. The van der Waals surface area contributed by atoms with Crippen LogP contribution in [0.15, 0.2) is 54.6 Å². The Bertz CT molecular complexity index is 682. The number of aliphatic hydroxyl groups excluding tert-OH is 1. The predicted molar refractivity (Wildman–Crippen MR) is 101 cm³/mol. The fraction of sp³-hybridized carbons (Fsp3) is 0.400. The predicted octanol–water partition coefficient (Wildman–Crippen LogP) is 2.72. The summed E-state index contributed by atoms with van der Waals surface area (Å²) in [4.78, 5) is 2.14. The van der Waals surface area contributed by atoms with Gasteiger partial charge in [-0.05, 0) is 31.2 Å². The smallest absolute Gasteiger partial charge is 0.138 e. The molecule has 134 valence electrons. The summed E-state index contributed by atoms with van der Waals surface area (Å²) in [5, 5.41) is 11.3. The zero-order valence-corrected chi connectivity index (χ0v) is 15.1. The van der Waals surface area contributed by atoms with Crippen LogP contribution in [0.1, 0.15) is 12.0 Å². The molecule has 0 saturated heterocycles. The molecule has 1 aliphatic rings. The number of aliphatic hydroxyl groups is 1. The summed E-state index contributed by atoms with van der Waals surface area (Å²) in [6.07, 6.45) is 0.530. The molecule has 0 heterocycles. The van der Waals surface area contributed by atoms with Gasteiger partial charge in [-0.2, -0.15) is 0 Å². The highest BCUT2D eigenvalue weighted by Gasteiger charge is 2.44. The van der Waals surface area contributed by atoms with Crippen LogP contribution < -0.4 is 10.5 Å². The quantitative estimate of drug-likeness (QED) is 0.831. The van der Waals surface area contributed by atoms with Gasteiger partial charge in [0.2, 0.25) is 0 Å². The number of hydrogen-bond donors (Lipinski definition) is 2. The van der Waals surface area contributed by atoms with Crippen LogP contribution in [-0.4, -0.2) is 47.9 Å². The number of para-hydroxylation sites is 1. The number of rotatable bonds is 6. The summed E-state index contributed by atoms with van der Waals surface area (Å²) >= 11 is 6.15. The van der Waals surface area contributed by atoms with Crippen molar-refractivity contribution >= 4 is 11.6 Å². The Morgan fingerprint density at radius 2 is 1.84 bits per heavy atom. The number of hydrogen-bond acceptors (Lipinski definition) is 4. The average Bonchev–Trinajstić information content (AvgIpc) is 2.89. The van der Waals surface area contributed by atoms with Crippen LogP contribution in [0.5, 0.6) is 5.75 Å². The van der Waals surface area contributed by atoms with Gasteiger partial charge >= 0.3 is 0 Å². The van der Waals surface area contributed by atoms with Crippen molar-refractivity contribution in [2.75, 3.05) is 13.6 Å². The summed E-state index contributed by atoms with van der Waals surface area (Å²) in [5.41, 5.74) is 7.58. The maximum atomic E-state index is 10.7. The monoisotopic (exact) mass is 360 g/mol. The van der Waals surface area contributed by atoms with E-state index in [0.29, 0.717) is 17.2 Å². The maximum Gasteiger partial charge on any atom is 0.138 e. The normalized spacial score (nSPS) is 26.1. The highest BCUT2D eigenvalue weighted by molar-refractivity contribution is 6.32. The lowest BCUT2D eigenvalue weighted by atomic mass is 10.1. The third-order valence-corrected chi connectivity index (χ3v) is 5.21. The fourth-order valence-electron chi connectivity index (χ4n) is 3.53. The molecule has 0 aliphatic heterocycles. The molecule has 0 aromatic heterocycles. The van der Waals surface area contributed by atoms with Crippen molar-refractivity contribution in [1.82, 2.24) is 4.90 Å². The zero-order valence-electron chi connectivity index (χ0n) is 14.4. The zero-order chi connectivity index (χ0) is 17.8. The standard InChI is InChI=1S/C20H25ClN2O2/c1-23(12-11-14-7-3-2-4-8-14)19-16(22)13-18(20(19)24)25-17-10-6-5-9-15(17)21/h2-10,16,18-20,24H,11-13,22H2,1H3/t16-,18-,19+,20+/m1/s1. The van der Waals surface area contributed by atoms with Crippen molar-refractivity contribution < 1.29 is 9.84 Å².